The van der Waals surface area contributed by atoms with Crippen LogP contribution >= 0.6 is 0 Å². The highest BCUT2D eigenvalue weighted by Crippen LogP contribution is 2.22. The second kappa shape index (κ2) is 7.04. The number of rotatable bonds is 4. The molecule has 1 N–H and O–H groups in total. The normalized spacial score (nSPS) is 11.5. The number of nitrogens with one attached hydrogen (secondary N) is 1. The Hall–Kier alpha value is -3.02. The molecule has 2 aromatic carbocycles. The zero-order chi connectivity index (χ0) is 17.7. The number of nitrogens with zero attached hydrogens (tertiary/aromatic N) is 2. The predicted molar refractivity (Wildman–Crippen MR) is 93.3 cm³/mol. The van der Waals surface area contributed by atoms with Gasteiger partial charge in [0.2, 0.25) is 0 Å². The van der Waals surface area contributed by atoms with Crippen LogP contribution in [0.1, 0.15) is 42.3 Å². The summed E-state index contributed by atoms with van der Waals surface area (Å²) in [6.45, 7) is 6.31. The highest BCUT2D eigenvalue weighted by molar-refractivity contribution is 5.95. The summed E-state index contributed by atoms with van der Waals surface area (Å²) in [6.07, 6.45) is 1.37. The van der Waals surface area contributed by atoms with E-state index in [0.29, 0.717) is 11.1 Å². The third-order valence-corrected chi connectivity index (χ3v) is 3.47. The molecule has 1 amide bonds. The number of amides is 1. The number of benzene rings is 2. The van der Waals surface area contributed by atoms with Gasteiger partial charge in [-0.15, -0.1) is 0 Å². The van der Waals surface area contributed by atoms with E-state index in [9.17, 15) is 14.9 Å². The van der Waals surface area contributed by atoms with Gasteiger partial charge in [-0.2, -0.15) is 5.10 Å². The monoisotopic (exact) mass is 325 g/mol. The average Bonchev–Trinajstić information content (AvgIpc) is 2.54. The minimum Gasteiger partial charge on any atom is -0.267 e. The minimum atomic E-state index is -0.479. The van der Waals surface area contributed by atoms with Crippen molar-refractivity contribution in [3.05, 3.63) is 75.3 Å². The molecule has 0 unspecified atom stereocenters. The van der Waals surface area contributed by atoms with E-state index in [-0.39, 0.29) is 17.0 Å². The summed E-state index contributed by atoms with van der Waals surface area (Å²) in [7, 11) is 0. The van der Waals surface area contributed by atoms with E-state index in [1.807, 2.05) is 12.1 Å². The van der Waals surface area contributed by atoms with Crippen molar-refractivity contribution in [3.63, 3.8) is 0 Å². The predicted octanol–water partition coefficient (Wildman–Crippen LogP) is 3.66. The van der Waals surface area contributed by atoms with Gasteiger partial charge in [-0.3, -0.25) is 14.9 Å². The lowest BCUT2D eigenvalue weighted by Crippen LogP contribution is -2.18. The number of carbonyl (C=O) groups is 1. The minimum absolute atomic E-state index is 0.0230. The van der Waals surface area contributed by atoms with Crippen LogP contribution in [0.15, 0.2) is 53.6 Å². The number of nitro benzene ring substituents is 1. The van der Waals surface area contributed by atoms with Crippen LogP contribution in [0, 0.1) is 10.1 Å². The van der Waals surface area contributed by atoms with Gasteiger partial charge in [0.05, 0.1) is 11.1 Å². The van der Waals surface area contributed by atoms with Crippen LogP contribution in [-0.4, -0.2) is 17.0 Å². The molecule has 0 spiro atoms. The Labute approximate surface area is 140 Å². The molecular formula is C18H19N3O3. The molecule has 2 aromatic rings. The summed E-state index contributed by atoms with van der Waals surface area (Å²) >= 11 is 0. The molecular weight excluding hydrogens is 306 g/mol. The van der Waals surface area contributed by atoms with E-state index in [2.05, 4.69) is 31.3 Å². The fourth-order valence-corrected chi connectivity index (χ4v) is 2.07. The van der Waals surface area contributed by atoms with Crippen molar-refractivity contribution in [1.82, 2.24) is 5.43 Å². The Morgan fingerprint density at radius 3 is 2.42 bits per heavy atom. The van der Waals surface area contributed by atoms with E-state index < -0.39 is 4.92 Å². The van der Waals surface area contributed by atoms with Gasteiger partial charge in [-0.1, -0.05) is 45.0 Å². The molecule has 6 heteroatoms. The van der Waals surface area contributed by atoms with Crippen LogP contribution in [0.3, 0.4) is 0 Å². The van der Waals surface area contributed by atoms with Crippen molar-refractivity contribution in [2.45, 2.75) is 26.2 Å². The molecule has 0 saturated heterocycles. The maximum Gasteiger partial charge on any atom is 0.271 e. The van der Waals surface area contributed by atoms with Crippen LogP contribution in [0.5, 0.6) is 0 Å². The van der Waals surface area contributed by atoms with E-state index in [1.54, 1.807) is 24.3 Å². The molecule has 0 atom stereocenters. The molecule has 6 nitrogen and oxygen atoms in total. The molecule has 0 fully saturated rings. The fourth-order valence-electron chi connectivity index (χ4n) is 2.07. The SMILES string of the molecule is CC(C)(C)c1ccc(C(=O)NN=Cc2cccc([N+](=O)[O-])c2)cc1. The van der Waals surface area contributed by atoms with Gasteiger partial charge in [-0.25, -0.2) is 5.43 Å². The maximum absolute atomic E-state index is 12.0. The van der Waals surface area contributed by atoms with Gasteiger partial charge in [0.25, 0.3) is 11.6 Å². The van der Waals surface area contributed by atoms with Gasteiger partial charge in [0.1, 0.15) is 0 Å². The summed E-state index contributed by atoms with van der Waals surface area (Å²) in [5.74, 6) is -0.336. The van der Waals surface area contributed by atoms with E-state index in [4.69, 9.17) is 0 Å². The summed E-state index contributed by atoms with van der Waals surface area (Å²) in [6, 6.07) is 13.3. The lowest BCUT2D eigenvalue weighted by Gasteiger charge is -2.18. The smallest absolute Gasteiger partial charge is 0.267 e. The van der Waals surface area contributed by atoms with Gasteiger partial charge in [0.15, 0.2) is 0 Å². The number of hydrogen-bond donors (Lipinski definition) is 1. The second-order valence-electron chi connectivity index (χ2n) is 6.38. The van der Waals surface area contributed by atoms with Gasteiger partial charge in [-0.05, 0) is 23.1 Å². The quantitative estimate of drug-likeness (QED) is 0.529. The van der Waals surface area contributed by atoms with Crippen molar-refractivity contribution < 1.29 is 9.72 Å². The van der Waals surface area contributed by atoms with E-state index >= 15 is 0 Å². The lowest BCUT2D eigenvalue weighted by atomic mass is 9.87. The van der Waals surface area contributed by atoms with Crippen molar-refractivity contribution in [3.8, 4) is 0 Å². The van der Waals surface area contributed by atoms with Crippen molar-refractivity contribution >= 4 is 17.8 Å². The Morgan fingerprint density at radius 2 is 1.83 bits per heavy atom. The molecule has 24 heavy (non-hydrogen) atoms. The van der Waals surface area contributed by atoms with Gasteiger partial charge in [0, 0.05) is 23.3 Å². The van der Waals surface area contributed by atoms with Crippen LogP contribution in [-0.2, 0) is 5.41 Å². The van der Waals surface area contributed by atoms with Crippen LogP contribution in [0.4, 0.5) is 5.69 Å². The van der Waals surface area contributed by atoms with Crippen LogP contribution in [0.25, 0.3) is 0 Å². The number of nitro groups is 1. The van der Waals surface area contributed by atoms with E-state index in [0.717, 1.165) is 5.56 Å². The first-order chi connectivity index (χ1) is 11.3. The Kier molecular flexibility index (Phi) is 5.08. The second-order valence-corrected chi connectivity index (χ2v) is 6.38. The molecule has 0 aliphatic rings. The topological polar surface area (TPSA) is 84.6 Å². The zero-order valence-electron chi connectivity index (χ0n) is 13.8. The van der Waals surface area contributed by atoms with Crippen molar-refractivity contribution in [2.24, 2.45) is 5.10 Å². The Balaban J connectivity index is 2.02. The number of hydrazone groups is 1. The molecule has 0 aliphatic carbocycles. The standard InChI is InChI=1S/C18H19N3O3/c1-18(2,3)15-9-7-14(8-10-15)17(22)20-19-12-13-5-4-6-16(11-13)21(23)24/h4-12H,1-3H3,(H,20,22). The summed E-state index contributed by atoms with van der Waals surface area (Å²) in [5.41, 5.74) is 4.59. The summed E-state index contributed by atoms with van der Waals surface area (Å²) in [5, 5.41) is 14.6. The molecule has 0 bridgehead atoms. The van der Waals surface area contributed by atoms with Crippen LogP contribution < -0.4 is 5.43 Å². The highest BCUT2D eigenvalue weighted by Gasteiger charge is 2.14. The van der Waals surface area contributed by atoms with Gasteiger partial charge < -0.3 is 0 Å². The molecule has 0 aromatic heterocycles. The fraction of sp³-hybridized carbons (Fsp3) is 0.222. The van der Waals surface area contributed by atoms with Gasteiger partial charge >= 0.3 is 0 Å². The Bertz CT molecular complexity index is 775. The lowest BCUT2D eigenvalue weighted by molar-refractivity contribution is -0.384. The molecule has 0 heterocycles. The number of hydrogen-bond acceptors (Lipinski definition) is 4. The molecule has 124 valence electrons. The third-order valence-electron chi connectivity index (χ3n) is 3.47. The maximum atomic E-state index is 12.0. The zero-order valence-corrected chi connectivity index (χ0v) is 13.8. The van der Waals surface area contributed by atoms with E-state index in [1.165, 1.54) is 18.3 Å². The number of non-ortho nitro benzene ring substituents is 1. The first-order valence-electron chi connectivity index (χ1n) is 7.46. The average molecular weight is 325 g/mol. The molecule has 0 radical (unpaired) electrons. The van der Waals surface area contributed by atoms with Crippen molar-refractivity contribution in [2.75, 3.05) is 0 Å². The summed E-state index contributed by atoms with van der Waals surface area (Å²) < 4.78 is 0. The van der Waals surface area contributed by atoms with Crippen molar-refractivity contribution in [1.29, 1.82) is 0 Å². The largest absolute Gasteiger partial charge is 0.271 e. The Morgan fingerprint density at radius 1 is 1.17 bits per heavy atom. The third kappa shape index (κ3) is 4.49. The number of carbonyl (C=O) groups excluding carboxylic acids is 1. The summed E-state index contributed by atoms with van der Waals surface area (Å²) in [4.78, 5) is 22.3. The first-order valence-corrected chi connectivity index (χ1v) is 7.46. The molecule has 0 saturated carbocycles. The molecule has 2 rings (SSSR count). The molecule has 0 aliphatic heterocycles. The highest BCUT2D eigenvalue weighted by atomic mass is 16.6. The van der Waals surface area contributed by atoms with Crippen LogP contribution in [0.2, 0.25) is 0 Å². The first kappa shape index (κ1) is 17.3.